The van der Waals surface area contributed by atoms with Crippen LogP contribution in [-0.4, -0.2) is 51.2 Å². The van der Waals surface area contributed by atoms with Gasteiger partial charge in [0.05, 0.1) is 56.2 Å². The Hall–Kier alpha value is -4.50. The number of ketones is 1. The summed E-state index contributed by atoms with van der Waals surface area (Å²) in [6.45, 7) is 0. The Kier molecular flexibility index (Phi) is 7.59. The second kappa shape index (κ2) is 10.9. The molecule has 1 aliphatic heterocycles. The molecule has 1 saturated heterocycles. The molecule has 1 aliphatic rings. The quantitative estimate of drug-likeness (QED) is 0.198. The monoisotopic (exact) mass is 537 g/mol. The number of rotatable bonds is 7. The lowest BCUT2D eigenvalue weighted by Gasteiger charge is -2.26. The molecule has 0 spiro atoms. The summed E-state index contributed by atoms with van der Waals surface area (Å²) < 4.78 is 20.7. The van der Waals surface area contributed by atoms with Gasteiger partial charge in [0, 0.05) is 11.8 Å². The Labute approximate surface area is 223 Å². The van der Waals surface area contributed by atoms with Crippen molar-refractivity contribution in [2.75, 3.05) is 33.3 Å². The molecule has 0 aromatic heterocycles. The summed E-state index contributed by atoms with van der Waals surface area (Å²) in [6, 6.07) is 14.6. The summed E-state index contributed by atoms with van der Waals surface area (Å²) in [7, 11) is 5.54. The van der Waals surface area contributed by atoms with Crippen molar-refractivity contribution in [1.82, 2.24) is 0 Å². The predicted molar refractivity (Wildman–Crippen MR) is 140 cm³/mol. The third-order valence-electron chi connectivity index (χ3n) is 6.15. The first-order valence-electron chi connectivity index (χ1n) is 11.3. The minimum Gasteiger partial charge on any atom is -0.507 e. The maximum Gasteiger partial charge on any atom is 0.337 e. The summed E-state index contributed by atoms with van der Waals surface area (Å²) >= 11 is 6.22. The van der Waals surface area contributed by atoms with E-state index in [0.717, 1.165) is 0 Å². The van der Waals surface area contributed by atoms with Crippen molar-refractivity contribution < 1.29 is 38.4 Å². The minimum absolute atomic E-state index is 0.105. The van der Waals surface area contributed by atoms with Crippen LogP contribution in [-0.2, 0) is 14.3 Å². The van der Waals surface area contributed by atoms with E-state index in [1.54, 1.807) is 36.4 Å². The molecule has 1 unspecified atom stereocenters. The lowest BCUT2D eigenvalue weighted by molar-refractivity contribution is -0.132. The van der Waals surface area contributed by atoms with E-state index in [9.17, 15) is 19.5 Å². The van der Waals surface area contributed by atoms with Crippen LogP contribution in [0.15, 0.2) is 66.2 Å². The maximum absolute atomic E-state index is 13.5. The van der Waals surface area contributed by atoms with E-state index in [2.05, 4.69) is 0 Å². The number of hydrogen-bond acceptors (Lipinski definition) is 8. The molecule has 1 fully saturated rings. The molecule has 196 valence electrons. The van der Waals surface area contributed by atoms with Crippen LogP contribution in [0.5, 0.6) is 17.2 Å². The number of Topliss-reactive ketones (excluding diaryl/α,β-unsaturated/α-hetero) is 1. The summed E-state index contributed by atoms with van der Waals surface area (Å²) in [5, 5.41) is 11.7. The van der Waals surface area contributed by atoms with E-state index in [-0.39, 0.29) is 38.9 Å². The number of esters is 1. The van der Waals surface area contributed by atoms with Crippen LogP contribution >= 0.6 is 11.6 Å². The number of anilines is 1. The molecule has 0 aliphatic carbocycles. The third-order valence-corrected chi connectivity index (χ3v) is 6.45. The fourth-order valence-corrected chi connectivity index (χ4v) is 4.52. The molecule has 0 radical (unpaired) electrons. The fraction of sp³-hybridized carbons (Fsp3) is 0.179. The van der Waals surface area contributed by atoms with Gasteiger partial charge in [-0.3, -0.25) is 14.5 Å². The minimum atomic E-state index is -1.06. The van der Waals surface area contributed by atoms with Crippen molar-refractivity contribution in [3.8, 4) is 17.2 Å². The Balaban J connectivity index is 1.99. The van der Waals surface area contributed by atoms with E-state index in [4.69, 9.17) is 30.5 Å². The smallest absolute Gasteiger partial charge is 0.337 e. The van der Waals surface area contributed by atoms with Gasteiger partial charge in [0.1, 0.15) is 23.0 Å². The number of aliphatic hydroxyl groups is 1. The van der Waals surface area contributed by atoms with Gasteiger partial charge >= 0.3 is 5.97 Å². The maximum atomic E-state index is 13.5. The van der Waals surface area contributed by atoms with E-state index in [1.807, 2.05) is 0 Å². The molecule has 4 rings (SSSR count). The number of carbonyl (C=O) groups excluding carboxylic acids is 3. The van der Waals surface area contributed by atoms with Crippen LogP contribution in [0.3, 0.4) is 0 Å². The first kappa shape index (κ1) is 26.6. The first-order valence-corrected chi connectivity index (χ1v) is 11.7. The van der Waals surface area contributed by atoms with Gasteiger partial charge in [-0.1, -0.05) is 29.8 Å². The molecular weight excluding hydrogens is 514 g/mol. The first-order chi connectivity index (χ1) is 18.2. The second-order valence-electron chi connectivity index (χ2n) is 8.17. The largest absolute Gasteiger partial charge is 0.507 e. The molecular formula is C28H24ClNO8. The molecule has 9 nitrogen and oxygen atoms in total. The number of methoxy groups -OCH3 is 4. The van der Waals surface area contributed by atoms with Crippen molar-refractivity contribution >= 4 is 40.7 Å². The van der Waals surface area contributed by atoms with Gasteiger partial charge in [-0.25, -0.2) is 4.79 Å². The highest BCUT2D eigenvalue weighted by atomic mass is 35.5. The lowest BCUT2D eigenvalue weighted by Crippen LogP contribution is -2.29. The van der Waals surface area contributed by atoms with Gasteiger partial charge in [-0.2, -0.15) is 0 Å². The highest BCUT2D eigenvalue weighted by Gasteiger charge is 2.47. The van der Waals surface area contributed by atoms with Gasteiger partial charge in [0.2, 0.25) is 0 Å². The zero-order valence-electron chi connectivity index (χ0n) is 21.0. The molecule has 38 heavy (non-hydrogen) atoms. The topological polar surface area (TPSA) is 112 Å². The standard InChI is InChI=1S/C28H24ClNO8/c1-35-18-10-8-15(9-11-18)24-23(25(31)19-13-22(37-3)20(29)14-21(19)36-2)26(32)27(33)30(24)17-7-5-6-16(12-17)28(34)38-4/h5-14,24,31H,1-4H3/b25-23+. The number of aliphatic hydroxyl groups excluding tert-OH is 1. The van der Waals surface area contributed by atoms with Crippen LogP contribution in [0.25, 0.3) is 5.76 Å². The number of ether oxygens (including phenoxy) is 4. The van der Waals surface area contributed by atoms with Gasteiger partial charge in [0.25, 0.3) is 11.7 Å². The number of benzene rings is 3. The lowest BCUT2D eigenvalue weighted by atomic mass is 9.94. The highest BCUT2D eigenvalue weighted by molar-refractivity contribution is 6.51. The van der Waals surface area contributed by atoms with E-state index in [1.165, 1.54) is 57.6 Å². The van der Waals surface area contributed by atoms with Gasteiger partial charge < -0.3 is 24.1 Å². The van der Waals surface area contributed by atoms with E-state index >= 15 is 0 Å². The normalized spacial score (nSPS) is 16.3. The highest BCUT2D eigenvalue weighted by Crippen LogP contribution is 2.45. The van der Waals surface area contributed by atoms with Crippen LogP contribution in [0.2, 0.25) is 5.02 Å². The van der Waals surface area contributed by atoms with Crippen LogP contribution in [0.4, 0.5) is 5.69 Å². The Morgan fingerprint density at radius 3 is 2.18 bits per heavy atom. The predicted octanol–water partition coefficient (Wildman–Crippen LogP) is 4.78. The summed E-state index contributed by atoms with van der Waals surface area (Å²) in [6.07, 6.45) is 0. The number of hydrogen-bond donors (Lipinski definition) is 1. The van der Waals surface area contributed by atoms with Gasteiger partial charge in [0.15, 0.2) is 0 Å². The van der Waals surface area contributed by atoms with Gasteiger partial charge in [-0.15, -0.1) is 0 Å². The summed E-state index contributed by atoms with van der Waals surface area (Å²) in [5.41, 5.74) is 0.870. The molecule has 1 atom stereocenters. The van der Waals surface area contributed by atoms with E-state index < -0.39 is 29.5 Å². The van der Waals surface area contributed by atoms with Crippen molar-refractivity contribution in [3.63, 3.8) is 0 Å². The molecule has 3 aromatic carbocycles. The molecule has 1 heterocycles. The Morgan fingerprint density at radius 1 is 0.895 bits per heavy atom. The van der Waals surface area contributed by atoms with Crippen molar-refractivity contribution in [1.29, 1.82) is 0 Å². The molecule has 1 N–H and O–H groups in total. The second-order valence-corrected chi connectivity index (χ2v) is 8.58. The average molecular weight is 538 g/mol. The Morgan fingerprint density at radius 2 is 1.58 bits per heavy atom. The molecule has 3 aromatic rings. The van der Waals surface area contributed by atoms with Crippen LogP contribution < -0.4 is 19.1 Å². The Bertz CT molecular complexity index is 1450. The number of carbonyl (C=O) groups is 3. The zero-order valence-corrected chi connectivity index (χ0v) is 21.7. The molecule has 0 bridgehead atoms. The van der Waals surface area contributed by atoms with Crippen molar-refractivity contribution in [3.05, 3.63) is 87.9 Å². The summed E-state index contributed by atoms with van der Waals surface area (Å²) in [4.78, 5) is 40.3. The summed E-state index contributed by atoms with van der Waals surface area (Å²) in [5.74, 6) is -1.96. The van der Waals surface area contributed by atoms with Crippen LogP contribution in [0.1, 0.15) is 27.5 Å². The molecule has 0 saturated carbocycles. The number of amides is 1. The zero-order chi connectivity index (χ0) is 27.6. The number of halogens is 1. The average Bonchev–Trinajstić information content (AvgIpc) is 3.21. The fourth-order valence-electron chi connectivity index (χ4n) is 4.29. The third kappa shape index (κ3) is 4.64. The SMILES string of the molecule is COC(=O)c1cccc(N2C(=O)C(=O)/C(=C(/O)c3cc(OC)c(Cl)cc3OC)C2c2ccc(OC)cc2)c1. The number of nitrogens with zero attached hydrogens (tertiary/aromatic N) is 1. The van der Waals surface area contributed by atoms with E-state index in [0.29, 0.717) is 11.3 Å². The van der Waals surface area contributed by atoms with Crippen molar-refractivity contribution in [2.24, 2.45) is 0 Å². The molecule has 1 amide bonds. The molecule has 10 heteroatoms. The van der Waals surface area contributed by atoms with Gasteiger partial charge in [-0.05, 0) is 42.0 Å². The van der Waals surface area contributed by atoms with Crippen molar-refractivity contribution in [2.45, 2.75) is 6.04 Å². The van der Waals surface area contributed by atoms with Crippen LogP contribution in [0, 0.1) is 0 Å².